The van der Waals surface area contributed by atoms with Crippen molar-refractivity contribution in [2.24, 2.45) is 0 Å². The molecule has 0 unspecified atom stereocenters. The number of anilines is 2. The molecule has 204 valence electrons. The Bertz CT molecular complexity index is 1390. The van der Waals surface area contributed by atoms with Crippen molar-refractivity contribution >= 4 is 50.3 Å². The summed E-state index contributed by atoms with van der Waals surface area (Å²) in [6.07, 6.45) is 5.09. The van der Waals surface area contributed by atoms with Crippen LogP contribution in [-0.4, -0.2) is 46.3 Å². The predicted molar refractivity (Wildman–Crippen MR) is 164 cm³/mol. The lowest BCUT2D eigenvalue weighted by Gasteiger charge is -2.22. The highest BCUT2D eigenvalue weighted by Gasteiger charge is 2.27. The number of nitrogens with zero attached hydrogens (tertiary/aromatic N) is 1. The van der Waals surface area contributed by atoms with Gasteiger partial charge in [-0.25, -0.2) is 0 Å². The van der Waals surface area contributed by atoms with Crippen LogP contribution < -0.4 is 24.4 Å². The first-order valence-electron chi connectivity index (χ1n) is 12.9. The Balaban J connectivity index is 0.000000612. The van der Waals surface area contributed by atoms with E-state index in [4.69, 9.17) is 14.2 Å². The number of unbranched alkanes of at least 4 members (excludes halogenated alkanes) is 1. The van der Waals surface area contributed by atoms with E-state index in [1.54, 1.807) is 21.3 Å². The zero-order chi connectivity index (χ0) is 27.8. The van der Waals surface area contributed by atoms with Gasteiger partial charge in [-0.3, -0.25) is 0 Å². The number of nitrogens with one attached hydrogen (secondary N) is 2. The monoisotopic (exact) mass is 537 g/mol. The molecule has 1 aliphatic heterocycles. The molecule has 7 heteroatoms. The number of halogens is 1. The van der Waals surface area contributed by atoms with Crippen molar-refractivity contribution in [3.8, 4) is 17.2 Å². The molecule has 4 aromatic rings. The number of benzene rings is 3. The van der Waals surface area contributed by atoms with Gasteiger partial charge in [0.05, 0.1) is 38.2 Å². The lowest BCUT2D eigenvalue weighted by atomic mass is 10.0. The molecule has 0 atom stereocenters. The fourth-order valence-electron chi connectivity index (χ4n) is 4.80. The zero-order valence-electron chi connectivity index (χ0n) is 23.6. The molecule has 0 fully saturated rings. The van der Waals surface area contributed by atoms with Crippen LogP contribution in [0.4, 0.5) is 11.4 Å². The highest BCUT2D eigenvalue weighted by molar-refractivity contribution is 6.15. The van der Waals surface area contributed by atoms with Crippen LogP contribution in [0.5, 0.6) is 17.2 Å². The first-order valence-corrected chi connectivity index (χ1v) is 13.7. The summed E-state index contributed by atoms with van der Waals surface area (Å²) in [4.78, 5) is 5.78. The van der Waals surface area contributed by atoms with Gasteiger partial charge in [0.2, 0.25) is 5.75 Å². The second kappa shape index (κ2) is 13.3. The fraction of sp³-hybridized carbons (Fsp3) is 0.355. The average molecular weight is 538 g/mol. The van der Waals surface area contributed by atoms with Gasteiger partial charge in [-0.05, 0) is 35.6 Å². The summed E-state index contributed by atoms with van der Waals surface area (Å²) in [6.45, 7) is 9.69. The number of ether oxygens (including phenoxy) is 3. The van der Waals surface area contributed by atoms with Crippen LogP contribution in [0.1, 0.15) is 37.9 Å². The van der Waals surface area contributed by atoms with Crippen LogP contribution in [0, 0.1) is 0 Å². The zero-order valence-corrected chi connectivity index (χ0v) is 24.4. The average Bonchev–Trinajstić information content (AvgIpc) is 3.61. The van der Waals surface area contributed by atoms with Crippen molar-refractivity contribution in [3.05, 3.63) is 60.3 Å². The Kier molecular flexibility index (Phi) is 10.2. The molecule has 1 aliphatic rings. The van der Waals surface area contributed by atoms with E-state index in [1.165, 1.54) is 41.2 Å². The molecule has 2 heterocycles. The highest BCUT2D eigenvalue weighted by atomic mass is 35.5. The SMILES string of the molecule is C=C(c1cc2cc(OC)c(OC)c(OC)c2[nH]1)N1CCc2c1cc(NC)c1ccccc21.CCCC.CCl. The van der Waals surface area contributed by atoms with Crippen LogP contribution in [0.2, 0.25) is 0 Å². The number of methoxy groups -OCH3 is 3. The molecule has 0 radical (unpaired) electrons. The van der Waals surface area contributed by atoms with E-state index >= 15 is 0 Å². The number of H-pyrrole nitrogens is 1. The Morgan fingerprint density at radius 2 is 1.63 bits per heavy atom. The van der Waals surface area contributed by atoms with Crippen molar-refractivity contribution in [2.75, 3.05) is 51.5 Å². The van der Waals surface area contributed by atoms with Crippen LogP contribution in [0.3, 0.4) is 0 Å². The Labute approximate surface area is 231 Å². The molecule has 0 amide bonds. The van der Waals surface area contributed by atoms with Gasteiger partial charge in [0, 0.05) is 42.1 Å². The first kappa shape index (κ1) is 29.1. The van der Waals surface area contributed by atoms with E-state index in [1.807, 2.05) is 13.1 Å². The summed E-state index contributed by atoms with van der Waals surface area (Å²) in [7, 11) is 6.83. The molecule has 0 aliphatic carbocycles. The first-order chi connectivity index (χ1) is 18.5. The van der Waals surface area contributed by atoms with Crippen LogP contribution in [0.15, 0.2) is 49.0 Å². The summed E-state index contributed by atoms with van der Waals surface area (Å²) >= 11 is 4.64. The van der Waals surface area contributed by atoms with E-state index in [9.17, 15) is 0 Å². The summed E-state index contributed by atoms with van der Waals surface area (Å²) in [5.41, 5.74) is 6.37. The van der Waals surface area contributed by atoms with Gasteiger partial charge in [-0.2, -0.15) is 0 Å². The number of aromatic nitrogens is 1. The van der Waals surface area contributed by atoms with Crippen molar-refractivity contribution in [2.45, 2.75) is 33.1 Å². The standard InChI is InChI=1S/C26H27N3O3.C4H10.CH3Cl/c1-15(20-12-16-13-23(30-3)25(31-4)26(32-5)24(16)28-20)29-11-10-19-17-8-6-7-9-18(17)21(27-2)14-22(19)29;1-3-4-2;1-2/h6-9,12-14,27-28H,1,10-11H2,2-5H3;3-4H2,1-2H3;1H3. The molecule has 6 nitrogen and oxygen atoms in total. The predicted octanol–water partition coefficient (Wildman–Crippen LogP) is 8.08. The van der Waals surface area contributed by atoms with Crippen molar-refractivity contribution in [1.29, 1.82) is 0 Å². The molecular weight excluding hydrogens is 498 g/mol. The maximum absolute atomic E-state index is 5.66. The van der Waals surface area contributed by atoms with Gasteiger partial charge in [-0.15, -0.1) is 11.6 Å². The molecule has 0 spiro atoms. The number of hydrogen-bond acceptors (Lipinski definition) is 5. The fourth-order valence-corrected chi connectivity index (χ4v) is 4.80. The highest BCUT2D eigenvalue weighted by Crippen LogP contribution is 2.45. The summed E-state index contributed by atoms with van der Waals surface area (Å²) in [6, 6.07) is 14.8. The lowest BCUT2D eigenvalue weighted by Crippen LogP contribution is -2.18. The van der Waals surface area contributed by atoms with Gasteiger partial charge in [0.25, 0.3) is 0 Å². The minimum absolute atomic E-state index is 0.568. The quantitative estimate of drug-likeness (QED) is 0.233. The Morgan fingerprint density at radius 3 is 2.21 bits per heavy atom. The van der Waals surface area contributed by atoms with Gasteiger partial charge < -0.3 is 29.4 Å². The number of hydrogen-bond donors (Lipinski definition) is 2. The molecular formula is C31H40ClN3O3. The maximum atomic E-state index is 5.66. The molecule has 0 saturated carbocycles. The third-order valence-electron chi connectivity index (χ3n) is 6.83. The van der Waals surface area contributed by atoms with Crippen LogP contribution in [-0.2, 0) is 6.42 Å². The normalized spacial score (nSPS) is 11.7. The second-order valence-electron chi connectivity index (χ2n) is 8.86. The summed E-state index contributed by atoms with van der Waals surface area (Å²) in [5.74, 6) is 1.81. The van der Waals surface area contributed by atoms with E-state index in [-0.39, 0.29) is 0 Å². The summed E-state index contributed by atoms with van der Waals surface area (Å²) < 4.78 is 16.7. The molecule has 0 bridgehead atoms. The largest absolute Gasteiger partial charge is 0.493 e. The van der Waals surface area contributed by atoms with E-state index in [0.29, 0.717) is 17.2 Å². The Morgan fingerprint density at radius 1 is 0.974 bits per heavy atom. The minimum Gasteiger partial charge on any atom is -0.493 e. The van der Waals surface area contributed by atoms with Crippen molar-refractivity contribution in [3.63, 3.8) is 0 Å². The summed E-state index contributed by atoms with van der Waals surface area (Å²) in [5, 5.41) is 6.86. The molecule has 0 saturated heterocycles. The van der Waals surface area contributed by atoms with Crippen molar-refractivity contribution < 1.29 is 14.2 Å². The van der Waals surface area contributed by atoms with Gasteiger partial charge in [0.1, 0.15) is 0 Å². The van der Waals surface area contributed by atoms with E-state index in [0.717, 1.165) is 40.9 Å². The molecule has 1 aromatic heterocycles. The lowest BCUT2D eigenvalue weighted by molar-refractivity contribution is 0.327. The Hall–Kier alpha value is -3.51. The van der Waals surface area contributed by atoms with E-state index < -0.39 is 0 Å². The number of alkyl halides is 1. The molecule has 3 aromatic carbocycles. The van der Waals surface area contributed by atoms with E-state index in [2.05, 4.69) is 83.6 Å². The van der Waals surface area contributed by atoms with Crippen LogP contribution in [0.25, 0.3) is 27.4 Å². The number of rotatable bonds is 7. The number of aromatic amines is 1. The molecule has 38 heavy (non-hydrogen) atoms. The number of fused-ring (bicyclic) bond motifs is 4. The maximum Gasteiger partial charge on any atom is 0.205 e. The smallest absolute Gasteiger partial charge is 0.205 e. The minimum atomic E-state index is 0.568. The van der Waals surface area contributed by atoms with Crippen LogP contribution >= 0.6 is 11.6 Å². The van der Waals surface area contributed by atoms with Gasteiger partial charge >= 0.3 is 0 Å². The molecule has 2 N–H and O–H groups in total. The third kappa shape index (κ3) is 5.37. The third-order valence-corrected chi connectivity index (χ3v) is 6.83. The second-order valence-corrected chi connectivity index (χ2v) is 8.86. The van der Waals surface area contributed by atoms with Crippen molar-refractivity contribution in [1.82, 2.24) is 4.98 Å². The molecule has 5 rings (SSSR count). The van der Waals surface area contributed by atoms with Gasteiger partial charge in [-0.1, -0.05) is 57.5 Å². The van der Waals surface area contributed by atoms with Gasteiger partial charge in [0.15, 0.2) is 11.5 Å². The topological polar surface area (TPSA) is 58.8 Å².